The van der Waals surface area contributed by atoms with Gasteiger partial charge in [0, 0.05) is 31.9 Å². The maximum absolute atomic E-state index is 10.7. The number of aliphatic carboxylic acids is 1. The molecule has 0 amide bonds. The number of hydrogen-bond donors (Lipinski definition) is 1. The normalized spacial score (nSPS) is 11.8. The van der Waals surface area contributed by atoms with Crippen molar-refractivity contribution in [3.63, 3.8) is 0 Å². The van der Waals surface area contributed by atoms with Crippen LogP contribution in [0.5, 0.6) is 0 Å². The third-order valence-electron chi connectivity index (χ3n) is 4.88. The number of unbranched alkanes of at least 4 members (excludes halogenated alkanes) is 1. The van der Waals surface area contributed by atoms with E-state index in [-0.39, 0.29) is 0 Å². The molecular weight excluding hydrogens is 408 g/mol. The first-order valence-corrected chi connectivity index (χ1v) is 13.0. The zero-order valence-corrected chi connectivity index (χ0v) is 19.8. The lowest BCUT2D eigenvalue weighted by atomic mass is 10.00. The molecule has 5 nitrogen and oxygen atoms in total. The molecule has 0 heterocycles. The van der Waals surface area contributed by atoms with Crippen LogP contribution in [0.25, 0.3) is 17.2 Å². The van der Waals surface area contributed by atoms with Crippen molar-refractivity contribution in [2.45, 2.75) is 46.1 Å². The first-order valence-electron chi connectivity index (χ1n) is 11.0. The van der Waals surface area contributed by atoms with Crippen LogP contribution in [0.1, 0.15) is 44.7 Å². The van der Waals surface area contributed by atoms with E-state index in [1.807, 2.05) is 45.0 Å². The van der Waals surface area contributed by atoms with Gasteiger partial charge in [-0.15, -0.1) is 0 Å². The molecule has 168 valence electrons. The van der Waals surface area contributed by atoms with E-state index in [2.05, 4.69) is 24.3 Å². The van der Waals surface area contributed by atoms with Crippen LogP contribution >= 0.6 is 0 Å². The minimum atomic E-state index is -2.55. The Kier molecular flexibility index (Phi) is 10.7. The molecule has 0 aromatic heterocycles. The molecule has 0 aliphatic rings. The minimum Gasteiger partial charge on any atom is -0.478 e. The fourth-order valence-corrected chi connectivity index (χ4v) is 6.21. The lowest BCUT2D eigenvalue weighted by Gasteiger charge is -2.28. The van der Waals surface area contributed by atoms with E-state index in [4.69, 9.17) is 18.4 Å². The maximum atomic E-state index is 10.7. The van der Waals surface area contributed by atoms with Gasteiger partial charge >= 0.3 is 14.8 Å². The zero-order valence-electron chi connectivity index (χ0n) is 18.8. The van der Waals surface area contributed by atoms with Crippen LogP contribution in [0, 0.1) is 0 Å². The van der Waals surface area contributed by atoms with Gasteiger partial charge in [0.25, 0.3) is 0 Å². The van der Waals surface area contributed by atoms with Gasteiger partial charge in [0.1, 0.15) is 0 Å². The van der Waals surface area contributed by atoms with E-state index >= 15 is 0 Å². The topological polar surface area (TPSA) is 65.0 Å². The summed E-state index contributed by atoms with van der Waals surface area (Å²) in [5.74, 6) is -0.946. The Hall–Kier alpha value is -2.25. The monoisotopic (exact) mass is 442 g/mol. The molecule has 0 aliphatic heterocycles. The Morgan fingerprint density at radius 2 is 1.55 bits per heavy atom. The summed E-state index contributed by atoms with van der Waals surface area (Å²) in [5.41, 5.74) is 4.35. The summed E-state index contributed by atoms with van der Waals surface area (Å²) in [5, 5.41) is 8.80. The highest BCUT2D eigenvalue weighted by atomic mass is 28.4. The number of benzene rings is 2. The van der Waals surface area contributed by atoms with E-state index in [9.17, 15) is 4.79 Å². The van der Waals surface area contributed by atoms with Crippen molar-refractivity contribution in [2.75, 3.05) is 19.8 Å². The lowest BCUT2D eigenvalue weighted by molar-refractivity contribution is -0.131. The van der Waals surface area contributed by atoms with Crippen molar-refractivity contribution in [1.82, 2.24) is 0 Å². The number of carboxylic acids is 1. The summed E-state index contributed by atoms with van der Waals surface area (Å²) in [6, 6.07) is 17.3. The highest BCUT2D eigenvalue weighted by Crippen LogP contribution is 2.23. The zero-order chi connectivity index (χ0) is 22.5. The average Bonchev–Trinajstić information content (AvgIpc) is 2.76. The average molecular weight is 443 g/mol. The molecular formula is C25H34O5Si. The van der Waals surface area contributed by atoms with E-state index in [0.717, 1.165) is 48.1 Å². The molecule has 31 heavy (non-hydrogen) atoms. The molecule has 0 spiro atoms. The van der Waals surface area contributed by atoms with Gasteiger partial charge in [-0.05, 0) is 74.4 Å². The molecule has 1 N–H and O–H groups in total. The van der Waals surface area contributed by atoms with Gasteiger partial charge in [-0.1, -0.05) is 42.5 Å². The third-order valence-corrected chi connectivity index (χ3v) is 8.03. The quantitative estimate of drug-likeness (QED) is 0.227. The van der Waals surface area contributed by atoms with Crippen molar-refractivity contribution >= 4 is 20.8 Å². The number of aryl methyl sites for hydroxylation is 1. The van der Waals surface area contributed by atoms with Crippen LogP contribution in [-0.4, -0.2) is 39.7 Å². The first kappa shape index (κ1) is 25.0. The van der Waals surface area contributed by atoms with Gasteiger partial charge < -0.3 is 18.4 Å². The number of hydrogen-bond acceptors (Lipinski definition) is 4. The van der Waals surface area contributed by atoms with Crippen LogP contribution in [0.3, 0.4) is 0 Å². The number of rotatable bonds is 14. The van der Waals surface area contributed by atoms with Crippen LogP contribution in [0.15, 0.2) is 54.6 Å². The molecule has 6 heteroatoms. The van der Waals surface area contributed by atoms with E-state index in [0.29, 0.717) is 19.8 Å². The van der Waals surface area contributed by atoms with E-state index in [1.165, 1.54) is 5.56 Å². The highest BCUT2D eigenvalue weighted by Gasteiger charge is 2.39. The molecule has 0 saturated carbocycles. The predicted octanol–water partition coefficient (Wildman–Crippen LogP) is 5.82. The Labute approximate surface area is 187 Å². The van der Waals surface area contributed by atoms with Crippen molar-refractivity contribution in [1.29, 1.82) is 0 Å². The van der Waals surface area contributed by atoms with E-state index in [1.54, 1.807) is 6.08 Å². The largest absolute Gasteiger partial charge is 0.500 e. The fraction of sp³-hybridized carbons (Fsp3) is 0.400. The van der Waals surface area contributed by atoms with Gasteiger partial charge in [-0.25, -0.2) is 4.79 Å². The summed E-state index contributed by atoms with van der Waals surface area (Å²) in [6.45, 7) is 7.79. The molecule has 2 aromatic rings. The second kappa shape index (κ2) is 13.2. The molecule has 0 saturated heterocycles. The molecule has 2 aromatic carbocycles. The van der Waals surface area contributed by atoms with Crippen LogP contribution in [0.2, 0.25) is 6.04 Å². The fourth-order valence-electron chi connectivity index (χ4n) is 3.53. The van der Waals surface area contributed by atoms with Crippen LogP contribution in [-0.2, 0) is 24.5 Å². The summed E-state index contributed by atoms with van der Waals surface area (Å²) in [6.07, 6.45) is 5.82. The first-order chi connectivity index (χ1) is 15.0. The molecule has 0 unspecified atom stereocenters. The highest BCUT2D eigenvalue weighted by molar-refractivity contribution is 6.60. The Bertz CT molecular complexity index is 815. The molecule has 2 rings (SSSR count). The summed E-state index contributed by atoms with van der Waals surface area (Å²) in [4.78, 5) is 10.7. The second-order valence-corrected chi connectivity index (χ2v) is 9.92. The van der Waals surface area contributed by atoms with Crippen molar-refractivity contribution in [3.8, 4) is 11.1 Å². The van der Waals surface area contributed by atoms with Gasteiger partial charge in [-0.2, -0.15) is 0 Å². The Morgan fingerprint density at radius 3 is 2.13 bits per heavy atom. The van der Waals surface area contributed by atoms with Crippen molar-refractivity contribution < 1.29 is 23.2 Å². The standard InChI is InChI=1S/C25H34O5Si/c1-4-28-31(29-5-2,30-6-3)19-8-7-10-21-13-16-23(17-14-21)24-12-9-11-22(20-24)15-18-25(26)27/h9,11-18,20H,4-8,10,19H2,1-3H3,(H,26,27). The number of carbonyl (C=O) groups is 1. The van der Waals surface area contributed by atoms with Gasteiger partial charge in [0.15, 0.2) is 0 Å². The summed E-state index contributed by atoms with van der Waals surface area (Å²) < 4.78 is 17.8. The SMILES string of the molecule is CCO[Si](CCCCc1ccc(-c2cccc(C=CC(=O)O)c2)cc1)(OCC)OCC. The van der Waals surface area contributed by atoms with Crippen LogP contribution in [0.4, 0.5) is 0 Å². The molecule has 0 fully saturated rings. The summed E-state index contributed by atoms with van der Waals surface area (Å²) >= 11 is 0. The maximum Gasteiger partial charge on any atom is 0.500 e. The molecule has 0 aliphatic carbocycles. The Balaban J connectivity index is 1.93. The van der Waals surface area contributed by atoms with Crippen molar-refractivity contribution in [2.24, 2.45) is 0 Å². The minimum absolute atomic E-state index is 0.612. The third kappa shape index (κ3) is 8.42. The van der Waals surface area contributed by atoms with Gasteiger partial charge in [0.2, 0.25) is 0 Å². The number of carboxylic acid groups (broad SMARTS) is 1. The summed E-state index contributed by atoms with van der Waals surface area (Å²) in [7, 11) is -2.55. The molecule has 0 radical (unpaired) electrons. The van der Waals surface area contributed by atoms with Gasteiger partial charge in [-0.3, -0.25) is 0 Å². The molecule has 0 atom stereocenters. The van der Waals surface area contributed by atoms with Crippen molar-refractivity contribution in [3.05, 3.63) is 65.7 Å². The second-order valence-electron chi connectivity index (χ2n) is 7.18. The Morgan fingerprint density at radius 1 is 0.903 bits per heavy atom. The lowest BCUT2D eigenvalue weighted by Crippen LogP contribution is -2.45. The van der Waals surface area contributed by atoms with Crippen LogP contribution < -0.4 is 0 Å². The van der Waals surface area contributed by atoms with Gasteiger partial charge in [0.05, 0.1) is 0 Å². The predicted molar refractivity (Wildman–Crippen MR) is 127 cm³/mol. The van der Waals surface area contributed by atoms with E-state index < -0.39 is 14.8 Å². The smallest absolute Gasteiger partial charge is 0.478 e. The molecule has 0 bridgehead atoms.